The van der Waals surface area contributed by atoms with Gasteiger partial charge in [0.25, 0.3) is 0 Å². The van der Waals surface area contributed by atoms with Gasteiger partial charge in [0, 0.05) is 11.1 Å². The summed E-state index contributed by atoms with van der Waals surface area (Å²) in [5, 5.41) is 8.80. The Kier molecular flexibility index (Phi) is 1.78. The van der Waals surface area contributed by atoms with E-state index in [1.807, 2.05) is 13.0 Å². The average molecular weight is 188 g/mol. The number of hydrogen-bond acceptors (Lipinski definition) is 3. The highest BCUT2D eigenvalue weighted by molar-refractivity contribution is 7.19. The van der Waals surface area contributed by atoms with Gasteiger partial charge in [-0.15, -0.1) is 11.3 Å². The van der Waals surface area contributed by atoms with Gasteiger partial charge in [-0.2, -0.15) is 5.26 Å². The molecule has 0 spiro atoms. The molecule has 0 unspecified atom stereocenters. The highest BCUT2D eigenvalue weighted by Gasteiger charge is 2.06. The zero-order valence-corrected chi connectivity index (χ0v) is 8.27. The van der Waals surface area contributed by atoms with Gasteiger partial charge >= 0.3 is 0 Å². The van der Waals surface area contributed by atoms with Crippen molar-refractivity contribution in [1.82, 2.24) is 4.98 Å². The summed E-state index contributed by atoms with van der Waals surface area (Å²) in [6, 6.07) is 4.19. The van der Waals surface area contributed by atoms with Crippen LogP contribution >= 0.6 is 11.3 Å². The van der Waals surface area contributed by atoms with Crippen LogP contribution in [0.2, 0.25) is 0 Å². The van der Waals surface area contributed by atoms with Gasteiger partial charge in [-0.3, -0.25) is 4.98 Å². The number of nitrogens with zero attached hydrogens (tertiary/aromatic N) is 2. The van der Waals surface area contributed by atoms with Gasteiger partial charge in [-0.05, 0) is 25.5 Å². The Balaban J connectivity index is 2.87. The molecule has 0 aromatic carbocycles. The summed E-state index contributed by atoms with van der Waals surface area (Å²) in [6.45, 7) is 4.02. The summed E-state index contributed by atoms with van der Waals surface area (Å²) < 4.78 is 1.14. The maximum atomic E-state index is 8.80. The number of thiophene rings is 1. The Bertz CT molecular complexity index is 505. The molecule has 0 aliphatic rings. The number of fused-ring (bicyclic) bond motifs is 1. The molecule has 0 amide bonds. The SMILES string of the molecule is Cc1cc2ncc(C#N)c(C)c2s1. The summed E-state index contributed by atoms with van der Waals surface area (Å²) in [5.74, 6) is 0. The van der Waals surface area contributed by atoms with E-state index in [4.69, 9.17) is 5.26 Å². The molecule has 64 valence electrons. The lowest BCUT2D eigenvalue weighted by Gasteiger charge is -1.96. The third-order valence-corrected chi connectivity index (χ3v) is 3.19. The van der Waals surface area contributed by atoms with Crippen LogP contribution in [0.25, 0.3) is 10.2 Å². The molecule has 2 aromatic heterocycles. The van der Waals surface area contributed by atoms with Gasteiger partial charge in [0.15, 0.2) is 0 Å². The molecule has 0 aliphatic carbocycles. The van der Waals surface area contributed by atoms with Gasteiger partial charge in [-0.25, -0.2) is 0 Å². The van der Waals surface area contributed by atoms with Crippen LogP contribution in [0.5, 0.6) is 0 Å². The zero-order valence-electron chi connectivity index (χ0n) is 7.46. The van der Waals surface area contributed by atoms with E-state index in [1.54, 1.807) is 17.5 Å². The molecule has 3 heteroatoms. The maximum absolute atomic E-state index is 8.80. The van der Waals surface area contributed by atoms with Crippen molar-refractivity contribution in [2.24, 2.45) is 0 Å². The second-order valence-corrected chi connectivity index (χ2v) is 4.24. The maximum Gasteiger partial charge on any atom is 0.101 e. The predicted octanol–water partition coefficient (Wildman–Crippen LogP) is 2.78. The number of aromatic nitrogens is 1. The molecule has 0 aliphatic heterocycles. The van der Waals surface area contributed by atoms with Crippen molar-refractivity contribution < 1.29 is 0 Å². The van der Waals surface area contributed by atoms with E-state index >= 15 is 0 Å². The number of pyridine rings is 1. The van der Waals surface area contributed by atoms with Gasteiger partial charge < -0.3 is 0 Å². The highest BCUT2D eigenvalue weighted by Crippen LogP contribution is 2.27. The molecule has 2 nitrogen and oxygen atoms in total. The van der Waals surface area contributed by atoms with Crippen molar-refractivity contribution in [1.29, 1.82) is 5.26 Å². The van der Waals surface area contributed by atoms with Crippen molar-refractivity contribution in [3.63, 3.8) is 0 Å². The van der Waals surface area contributed by atoms with E-state index in [1.165, 1.54) is 4.88 Å². The van der Waals surface area contributed by atoms with Crippen LogP contribution in [0.3, 0.4) is 0 Å². The summed E-state index contributed by atoms with van der Waals surface area (Å²) in [5.41, 5.74) is 2.72. The Morgan fingerprint density at radius 1 is 1.46 bits per heavy atom. The normalized spacial score (nSPS) is 10.2. The van der Waals surface area contributed by atoms with Crippen molar-refractivity contribution >= 4 is 21.6 Å². The average Bonchev–Trinajstić information content (AvgIpc) is 2.47. The van der Waals surface area contributed by atoms with Crippen LogP contribution in [0.1, 0.15) is 16.0 Å². The first-order valence-corrected chi connectivity index (χ1v) is 4.80. The van der Waals surface area contributed by atoms with E-state index in [9.17, 15) is 0 Å². The van der Waals surface area contributed by atoms with Gasteiger partial charge in [0.1, 0.15) is 6.07 Å². The Hall–Kier alpha value is -1.40. The standard InChI is InChI=1S/C10H8N2S/c1-6-3-9-10(13-6)7(2)8(4-11)5-12-9/h3,5H,1-2H3. The van der Waals surface area contributed by atoms with Crippen LogP contribution in [-0.4, -0.2) is 4.98 Å². The largest absolute Gasteiger partial charge is 0.254 e. The fourth-order valence-corrected chi connectivity index (χ4v) is 2.30. The third kappa shape index (κ3) is 1.20. The van der Waals surface area contributed by atoms with E-state index in [-0.39, 0.29) is 0 Å². The van der Waals surface area contributed by atoms with Gasteiger partial charge in [0.2, 0.25) is 0 Å². The van der Waals surface area contributed by atoms with Crippen molar-refractivity contribution in [3.8, 4) is 6.07 Å². The topological polar surface area (TPSA) is 36.7 Å². The fraction of sp³-hybridized carbons (Fsp3) is 0.200. The zero-order chi connectivity index (χ0) is 9.42. The number of hydrogen-bond donors (Lipinski definition) is 0. The minimum atomic E-state index is 0.675. The molecule has 2 heterocycles. The van der Waals surface area contributed by atoms with E-state index < -0.39 is 0 Å². The van der Waals surface area contributed by atoms with Crippen LogP contribution in [-0.2, 0) is 0 Å². The highest BCUT2D eigenvalue weighted by atomic mass is 32.1. The lowest BCUT2D eigenvalue weighted by molar-refractivity contribution is 1.33. The van der Waals surface area contributed by atoms with Gasteiger partial charge in [-0.1, -0.05) is 0 Å². The Labute approximate surface area is 80.5 Å². The monoisotopic (exact) mass is 188 g/mol. The number of rotatable bonds is 0. The molecular formula is C10H8N2S. The first-order chi connectivity index (χ1) is 6.22. The molecule has 2 rings (SSSR count). The summed E-state index contributed by atoms with van der Waals surface area (Å²) in [4.78, 5) is 5.46. The summed E-state index contributed by atoms with van der Waals surface area (Å²) in [7, 11) is 0. The summed E-state index contributed by atoms with van der Waals surface area (Å²) >= 11 is 1.69. The molecule has 13 heavy (non-hydrogen) atoms. The second-order valence-electron chi connectivity index (χ2n) is 2.98. The molecule has 0 bridgehead atoms. The van der Waals surface area contributed by atoms with E-state index in [2.05, 4.69) is 18.0 Å². The van der Waals surface area contributed by atoms with Crippen LogP contribution in [0.15, 0.2) is 12.3 Å². The van der Waals surface area contributed by atoms with Crippen molar-refractivity contribution in [3.05, 3.63) is 28.3 Å². The molecule has 0 fully saturated rings. The minimum absolute atomic E-state index is 0.675. The number of nitriles is 1. The second kappa shape index (κ2) is 2.82. The third-order valence-electron chi connectivity index (χ3n) is 2.03. The van der Waals surface area contributed by atoms with E-state index in [0.717, 1.165) is 15.8 Å². The number of aryl methyl sites for hydroxylation is 2. The van der Waals surface area contributed by atoms with Crippen molar-refractivity contribution in [2.75, 3.05) is 0 Å². The van der Waals surface area contributed by atoms with Gasteiger partial charge in [0.05, 0.1) is 15.8 Å². The summed E-state index contributed by atoms with van der Waals surface area (Å²) in [6.07, 6.45) is 1.64. The van der Waals surface area contributed by atoms with Crippen LogP contribution in [0.4, 0.5) is 0 Å². The van der Waals surface area contributed by atoms with E-state index in [0.29, 0.717) is 5.56 Å². The lowest BCUT2D eigenvalue weighted by Crippen LogP contribution is -1.84. The quantitative estimate of drug-likeness (QED) is 0.637. The molecule has 0 atom stereocenters. The minimum Gasteiger partial charge on any atom is -0.254 e. The van der Waals surface area contributed by atoms with Crippen LogP contribution < -0.4 is 0 Å². The fourth-order valence-electron chi connectivity index (χ4n) is 1.33. The Morgan fingerprint density at radius 3 is 2.92 bits per heavy atom. The Morgan fingerprint density at radius 2 is 2.23 bits per heavy atom. The first kappa shape index (κ1) is 8.21. The van der Waals surface area contributed by atoms with Crippen molar-refractivity contribution in [2.45, 2.75) is 13.8 Å². The molecule has 0 saturated carbocycles. The smallest absolute Gasteiger partial charge is 0.101 e. The predicted molar refractivity (Wildman–Crippen MR) is 53.8 cm³/mol. The molecule has 0 radical (unpaired) electrons. The molecular weight excluding hydrogens is 180 g/mol. The molecule has 0 saturated heterocycles. The molecule has 0 N–H and O–H groups in total. The lowest BCUT2D eigenvalue weighted by atomic mass is 10.1. The van der Waals surface area contributed by atoms with Crippen LogP contribution in [0, 0.1) is 25.2 Å². The first-order valence-electron chi connectivity index (χ1n) is 3.98. The molecule has 2 aromatic rings.